The minimum absolute atomic E-state index is 0.0842. The molecular formula is C12H17N5O2. The molecule has 7 nitrogen and oxygen atoms in total. The summed E-state index contributed by atoms with van der Waals surface area (Å²) >= 11 is 0. The van der Waals surface area contributed by atoms with Gasteiger partial charge in [-0.05, 0) is 25.9 Å². The zero-order chi connectivity index (χ0) is 13.3. The summed E-state index contributed by atoms with van der Waals surface area (Å²) in [5, 5.41) is 6.08. The van der Waals surface area contributed by atoms with Crippen LogP contribution in [0.25, 0.3) is 0 Å². The molecule has 2 aliphatic rings. The van der Waals surface area contributed by atoms with Gasteiger partial charge in [0.1, 0.15) is 5.54 Å². The molecule has 102 valence electrons. The Bertz CT molecular complexity index is 478. The van der Waals surface area contributed by atoms with Crippen LogP contribution in [0.4, 0.5) is 4.79 Å². The van der Waals surface area contributed by atoms with Crippen molar-refractivity contribution in [2.24, 2.45) is 0 Å². The van der Waals surface area contributed by atoms with E-state index in [1.54, 1.807) is 12.5 Å². The fraction of sp³-hybridized carbons (Fsp3) is 0.583. The number of amides is 3. The minimum Gasteiger partial charge on any atom is -0.336 e. The molecule has 0 saturated carbocycles. The van der Waals surface area contributed by atoms with Gasteiger partial charge in [-0.25, -0.2) is 9.78 Å². The Morgan fingerprint density at radius 3 is 2.74 bits per heavy atom. The second-order valence-electron chi connectivity index (χ2n) is 5.02. The number of aromatic nitrogens is 2. The van der Waals surface area contributed by atoms with Gasteiger partial charge >= 0.3 is 6.03 Å². The number of nitrogens with zero attached hydrogens (tertiary/aromatic N) is 3. The van der Waals surface area contributed by atoms with Crippen molar-refractivity contribution in [3.63, 3.8) is 0 Å². The molecule has 0 aliphatic carbocycles. The molecule has 19 heavy (non-hydrogen) atoms. The van der Waals surface area contributed by atoms with Gasteiger partial charge in [-0.1, -0.05) is 0 Å². The molecule has 7 heteroatoms. The van der Waals surface area contributed by atoms with Crippen LogP contribution in [0, 0.1) is 0 Å². The van der Waals surface area contributed by atoms with Crippen molar-refractivity contribution in [1.82, 2.24) is 25.1 Å². The molecule has 3 heterocycles. The van der Waals surface area contributed by atoms with E-state index in [2.05, 4.69) is 15.6 Å². The lowest BCUT2D eigenvalue weighted by Crippen LogP contribution is -2.54. The first kappa shape index (κ1) is 12.2. The minimum atomic E-state index is -0.669. The van der Waals surface area contributed by atoms with Crippen molar-refractivity contribution in [2.45, 2.75) is 24.9 Å². The fourth-order valence-corrected chi connectivity index (χ4v) is 2.71. The van der Waals surface area contributed by atoms with E-state index in [0.717, 1.165) is 13.1 Å². The Morgan fingerprint density at radius 1 is 1.26 bits per heavy atom. The summed E-state index contributed by atoms with van der Waals surface area (Å²) in [4.78, 5) is 29.7. The molecular weight excluding hydrogens is 246 g/mol. The van der Waals surface area contributed by atoms with Gasteiger partial charge in [-0.3, -0.25) is 9.69 Å². The molecule has 3 amide bonds. The van der Waals surface area contributed by atoms with Crippen molar-refractivity contribution in [3.05, 3.63) is 18.7 Å². The van der Waals surface area contributed by atoms with Gasteiger partial charge in [0.2, 0.25) is 0 Å². The van der Waals surface area contributed by atoms with Gasteiger partial charge in [-0.15, -0.1) is 0 Å². The van der Waals surface area contributed by atoms with E-state index in [1.165, 1.54) is 4.90 Å². The number of imidazole rings is 1. The monoisotopic (exact) mass is 263 g/mol. The second-order valence-corrected chi connectivity index (χ2v) is 5.02. The number of hydrogen-bond donors (Lipinski definition) is 2. The molecule has 2 saturated heterocycles. The molecule has 1 aromatic rings. The van der Waals surface area contributed by atoms with Crippen LogP contribution in [-0.4, -0.2) is 51.6 Å². The van der Waals surface area contributed by atoms with Crippen LogP contribution in [0.15, 0.2) is 18.7 Å². The number of carbonyl (C=O) groups is 2. The molecule has 0 aromatic carbocycles. The van der Waals surface area contributed by atoms with Crippen molar-refractivity contribution in [3.8, 4) is 0 Å². The SMILES string of the molecule is O=C1NC2(CCNCC2)C(=O)N1CCn1ccnc1. The average molecular weight is 263 g/mol. The van der Waals surface area contributed by atoms with Crippen molar-refractivity contribution < 1.29 is 9.59 Å². The quantitative estimate of drug-likeness (QED) is 0.724. The van der Waals surface area contributed by atoms with E-state index >= 15 is 0 Å². The zero-order valence-corrected chi connectivity index (χ0v) is 10.6. The van der Waals surface area contributed by atoms with Gasteiger partial charge in [0.05, 0.1) is 6.33 Å². The molecule has 1 spiro atoms. The highest BCUT2D eigenvalue weighted by molar-refractivity contribution is 6.07. The Balaban J connectivity index is 1.68. The first-order chi connectivity index (χ1) is 9.21. The summed E-state index contributed by atoms with van der Waals surface area (Å²) in [5.41, 5.74) is -0.669. The van der Waals surface area contributed by atoms with E-state index in [9.17, 15) is 9.59 Å². The van der Waals surface area contributed by atoms with Gasteiger partial charge in [0, 0.05) is 25.5 Å². The van der Waals surface area contributed by atoms with Crippen LogP contribution in [-0.2, 0) is 11.3 Å². The number of imide groups is 1. The molecule has 0 bridgehead atoms. The molecule has 3 rings (SSSR count). The summed E-state index contributed by atoms with van der Waals surface area (Å²) in [6, 6.07) is -0.271. The predicted molar refractivity (Wildman–Crippen MR) is 67.3 cm³/mol. The topological polar surface area (TPSA) is 79.3 Å². The van der Waals surface area contributed by atoms with Gasteiger partial charge in [-0.2, -0.15) is 0 Å². The van der Waals surface area contributed by atoms with Crippen LogP contribution < -0.4 is 10.6 Å². The van der Waals surface area contributed by atoms with Gasteiger partial charge in [0.15, 0.2) is 0 Å². The smallest absolute Gasteiger partial charge is 0.325 e. The van der Waals surface area contributed by atoms with E-state index in [1.807, 2.05) is 10.8 Å². The van der Waals surface area contributed by atoms with Gasteiger partial charge < -0.3 is 15.2 Å². The summed E-state index contributed by atoms with van der Waals surface area (Å²) in [6.07, 6.45) is 6.51. The maximum Gasteiger partial charge on any atom is 0.325 e. The molecule has 2 N–H and O–H groups in total. The highest BCUT2D eigenvalue weighted by atomic mass is 16.2. The fourth-order valence-electron chi connectivity index (χ4n) is 2.71. The molecule has 2 aliphatic heterocycles. The van der Waals surface area contributed by atoms with E-state index in [4.69, 9.17) is 0 Å². The number of nitrogens with one attached hydrogen (secondary N) is 2. The van der Waals surface area contributed by atoms with E-state index < -0.39 is 5.54 Å². The standard InChI is InChI=1S/C12H17N5O2/c18-10-12(1-3-13-4-2-12)15-11(19)17(10)8-7-16-6-5-14-9-16/h5-6,9,13H,1-4,7-8H2,(H,15,19). The number of carbonyl (C=O) groups excluding carboxylic acids is 2. The lowest BCUT2D eigenvalue weighted by molar-refractivity contribution is -0.132. The van der Waals surface area contributed by atoms with Crippen LogP contribution in [0.5, 0.6) is 0 Å². The molecule has 2 fully saturated rings. The van der Waals surface area contributed by atoms with Crippen molar-refractivity contribution >= 4 is 11.9 Å². The Hall–Kier alpha value is -1.89. The lowest BCUT2D eigenvalue weighted by Gasteiger charge is -2.31. The van der Waals surface area contributed by atoms with E-state index in [-0.39, 0.29) is 11.9 Å². The van der Waals surface area contributed by atoms with Crippen molar-refractivity contribution in [1.29, 1.82) is 0 Å². The van der Waals surface area contributed by atoms with Crippen LogP contribution in [0.1, 0.15) is 12.8 Å². The third-order valence-electron chi connectivity index (χ3n) is 3.84. The molecule has 1 aromatic heterocycles. The third kappa shape index (κ3) is 2.10. The van der Waals surface area contributed by atoms with Crippen molar-refractivity contribution in [2.75, 3.05) is 19.6 Å². The normalized spacial score (nSPS) is 22.0. The van der Waals surface area contributed by atoms with Crippen LogP contribution in [0.3, 0.4) is 0 Å². The Morgan fingerprint density at radius 2 is 2.05 bits per heavy atom. The molecule has 0 atom stereocenters. The summed E-state index contributed by atoms with van der Waals surface area (Å²) in [7, 11) is 0. The van der Waals surface area contributed by atoms with Gasteiger partial charge in [0.25, 0.3) is 5.91 Å². The zero-order valence-electron chi connectivity index (χ0n) is 10.6. The first-order valence-electron chi connectivity index (χ1n) is 6.52. The highest BCUT2D eigenvalue weighted by Gasteiger charge is 2.51. The lowest BCUT2D eigenvalue weighted by atomic mass is 9.88. The summed E-state index contributed by atoms with van der Waals surface area (Å²) < 4.78 is 1.86. The maximum absolute atomic E-state index is 12.4. The third-order valence-corrected chi connectivity index (χ3v) is 3.84. The maximum atomic E-state index is 12.4. The average Bonchev–Trinajstić information content (AvgIpc) is 2.99. The number of hydrogen-bond acceptors (Lipinski definition) is 4. The predicted octanol–water partition coefficient (Wildman–Crippen LogP) is -0.443. The van der Waals surface area contributed by atoms with Crippen LogP contribution >= 0.6 is 0 Å². The first-order valence-corrected chi connectivity index (χ1v) is 6.52. The summed E-state index contributed by atoms with van der Waals surface area (Å²) in [5.74, 6) is -0.0842. The van der Waals surface area contributed by atoms with Crippen LogP contribution in [0.2, 0.25) is 0 Å². The summed E-state index contributed by atoms with van der Waals surface area (Å²) in [6.45, 7) is 2.49. The second kappa shape index (κ2) is 4.65. The number of urea groups is 1. The number of piperidine rings is 1. The highest BCUT2D eigenvalue weighted by Crippen LogP contribution is 2.26. The molecule has 0 unspecified atom stereocenters. The van der Waals surface area contributed by atoms with E-state index in [0.29, 0.717) is 25.9 Å². The number of rotatable bonds is 3. The Labute approximate surface area is 111 Å². The Kier molecular flexibility index (Phi) is 2.98. The largest absolute Gasteiger partial charge is 0.336 e. The molecule has 0 radical (unpaired) electrons.